The van der Waals surface area contributed by atoms with Crippen molar-refractivity contribution in [3.63, 3.8) is 0 Å². The minimum absolute atomic E-state index is 0.250. The molecule has 16 saturated heterocycles. The molecule has 21 rings (SSSR count). The van der Waals surface area contributed by atoms with Crippen LogP contribution in [0.15, 0.2) is 48.5 Å². The van der Waals surface area contributed by atoms with Crippen LogP contribution in [0, 0.1) is 0 Å². The van der Waals surface area contributed by atoms with Crippen LogP contribution in [0.2, 0.25) is 0 Å². The summed E-state index contributed by atoms with van der Waals surface area (Å²) in [6, 6.07) is 17.3. The van der Waals surface area contributed by atoms with Crippen molar-refractivity contribution in [3.8, 4) is 46.0 Å². The molecule has 0 radical (unpaired) electrons. The van der Waals surface area contributed by atoms with Crippen LogP contribution in [0.5, 0.6) is 46.0 Å². The van der Waals surface area contributed by atoms with Gasteiger partial charge in [-0.25, -0.2) is 0 Å². The van der Waals surface area contributed by atoms with Gasteiger partial charge in [-0.3, -0.25) is 0 Å². The van der Waals surface area contributed by atoms with Crippen molar-refractivity contribution >= 4 is 0 Å². The van der Waals surface area contributed by atoms with E-state index >= 15 is 0 Å². The molecular formula is C96H128O32. The molecule has 8 spiro atoms. The smallest absolute Gasteiger partial charge is 0.283 e. The van der Waals surface area contributed by atoms with Gasteiger partial charge in [0, 0.05) is 195 Å². The zero-order chi connectivity index (χ0) is 86.4. The summed E-state index contributed by atoms with van der Waals surface area (Å²) in [5.41, 5.74) is 6.79. The van der Waals surface area contributed by atoms with Gasteiger partial charge in [0.25, 0.3) is 47.8 Å². The Morgan fingerprint density at radius 3 is 0.445 bits per heavy atom. The van der Waals surface area contributed by atoms with E-state index in [2.05, 4.69) is 76.2 Å². The van der Waals surface area contributed by atoms with Crippen molar-refractivity contribution in [3.05, 3.63) is 93.0 Å². The SMILES string of the molecule is CC1c2cc(c(OCCC3COC4(CCCO4)O3)cc2OCCC2COC3(CCCO3)O2)C(C)c2cc(c(OCCC3COC4(CCCO4)O3)cc2OCCC2COC3(CCCO3)O2)C(C)c2cc(c(OCCC3COC4(CCCO4)O3)cc2OCCC2COC3(CCCO3)O2)C(C)c2cc1c(OCCC1COC3(CCCO3)O1)cc2OCCC1COC2(CCCO2)O1. The Bertz CT molecular complexity index is 3620. The van der Waals surface area contributed by atoms with Crippen molar-refractivity contribution in [2.75, 3.05) is 159 Å². The van der Waals surface area contributed by atoms with Crippen molar-refractivity contribution in [2.24, 2.45) is 0 Å². The largest absolute Gasteiger partial charge is 0.493 e. The maximum Gasteiger partial charge on any atom is 0.283 e. The van der Waals surface area contributed by atoms with E-state index in [0.29, 0.717) is 254 Å². The summed E-state index contributed by atoms with van der Waals surface area (Å²) >= 11 is 0. The molecule has 16 aliphatic heterocycles. The second-order valence-corrected chi connectivity index (χ2v) is 37.2. The highest BCUT2D eigenvalue weighted by Gasteiger charge is 2.54. The van der Waals surface area contributed by atoms with Crippen molar-refractivity contribution in [1.29, 1.82) is 0 Å². The third kappa shape index (κ3) is 19.2. The first kappa shape index (κ1) is 88.9. The van der Waals surface area contributed by atoms with Gasteiger partial charge in [-0.05, 0) is 75.6 Å². The molecule has 704 valence electrons. The lowest BCUT2D eigenvalue weighted by Gasteiger charge is -2.30. The Balaban J connectivity index is 0.722. The zero-order valence-corrected chi connectivity index (χ0v) is 74.6. The second-order valence-electron chi connectivity index (χ2n) is 37.2. The summed E-state index contributed by atoms with van der Waals surface area (Å²) in [5, 5.41) is 0. The van der Waals surface area contributed by atoms with Gasteiger partial charge < -0.3 is 152 Å². The monoisotopic (exact) mass is 1790 g/mol. The molecular weight excluding hydrogens is 1670 g/mol. The van der Waals surface area contributed by atoms with Gasteiger partial charge in [0.15, 0.2) is 0 Å². The minimum Gasteiger partial charge on any atom is -0.493 e. The molecule has 32 heteroatoms. The fourth-order valence-corrected chi connectivity index (χ4v) is 21.0. The summed E-state index contributed by atoms with van der Waals surface area (Å²) in [7, 11) is 0. The van der Waals surface area contributed by atoms with Gasteiger partial charge in [-0.1, -0.05) is 27.7 Å². The summed E-state index contributed by atoms with van der Waals surface area (Å²) in [5.74, 6) is -5.78. The third-order valence-electron chi connectivity index (χ3n) is 28.2. The number of rotatable bonds is 32. The van der Waals surface area contributed by atoms with E-state index in [9.17, 15) is 0 Å². The van der Waals surface area contributed by atoms with Crippen LogP contribution in [0.3, 0.4) is 0 Å². The maximum atomic E-state index is 7.36. The molecule has 4 aromatic carbocycles. The predicted molar refractivity (Wildman–Crippen MR) is 447 cm³/mol. The summed E-state index contributed by atoms with van der Waals surface area (Å²) in [6.07, 6.45) is 13.5. The molecule has 1 aliphatic carbocycles. The van der Waals surface area contributed by atoms with Gasteiger partial charge >= 0.3 is 0 Å². The number of fused-ring (bicyclic) bond motifs is 8. The second kappa shape index (κ2) is 38.2. The average Bonchev–Trinajstić information content (AvgIpc) is 1.11. The topological polar surface area (TPSA) is 295 Å². The molecule has 16 fully saturated rings. The van der Waals surface area contributed by atoms with Gasteiger partial charge in [-0.2, -0.15) is 0 Å². The van der Waals surface area contributed by atoms with Crippen LogP contribution < -0.4 is 37.9 Å². The quantitative estimate of drug-likeness (QED) is 0.0439. The molecule has 16 heterocycles. The van der Waals surface area contributed by atoms with Gasteiger partial charge in [0.2, 0.25) is 0 Å². The Labute approximate surface area is 747 Å². The van der Waals surface area contributed by atoms with E-state index in [-0.39, 0.29) is 102 Å². The van der Waals surface area contributed by atoms with Crippen molar-refractivity contribution in [1.82, 2.24) is 0 Å². The number of ether oxygens (including phenoxy) is 32. The Kier molecular flexibility index (Phi) is 26.6. The van der Waals surface area contributed by atoms with E-state index < -0.39 is 71.5 Å². The van der Waals surface area contributed by atoms with Gasteiger partial charge in [0.05, 0.1) is 207 Å². The average molecular weight is 1790 g/mol. The molecule has 0 saturated carbocycles. The highest BCUT2D eigenvalue weighted by atomic mass is 16.9. The van der Waals surface area contributed by atoms with Crippen LogP contribution in [0.4, 0.5) is 0 Å². The Morgan fingerprint density at radius 2 is 0.328 bits per heavy atom. The summed E-state index contributed by atoms with van der Waals surface area (Å²) < 4.78 is 211. The highest BCUT2D eigenvalue weighted by molar-refractivity contribution is 5.63. The Hall–Kier alpha value is -5.68. The molecule has 0 amide bonds. The van der Waals surface area contributed by atoms with E-state index in [0.717, 1.165) is 95.9 Å². The lowest BCUT2D eigenvalue weighted by atomic mass is 9.80. The molecule has 16 unspecified atom stereocenters. The summed E-state index contributed by atoms with van der Waals surface area (Å²) in [4.78, 5) is 0. The molecule has 16 atom stereocenters. The fourth-order valence-electron chi connectivity index (χ4n) is 21.0. The predicted octanol–water partition coefficient (Wildman–Crippen LogP) is 13.8. The molecule has 8 bridgehead atoms. The molecule has 128 heavy (non-hydrogen) atoms. The van der Waals surface area contributed by atoms with E-state index in [1.165, 1.54) is 0 Å². The molecule has 4 aromatic rings. The molecule has 17 aliphatic rings. The lowest BCUT2D eigenvalue weighted by Crippen LogP contribution is -2.29. The third-order valence-corrected chi connectivity index (χ3v) is 28.2. The Morgan fingerprint density at radius 1 is 0.195 bits per heavy atom. The first-order valence-electron chi connectivity index (χ1n) is 47.9. The van der Waals surface area contributed by atoms with E-state index in [1.54, 1.807) is 0 Å². The van der Waals surface area contributed by atoms with Crippen LogP contribution in [-0.4, -0.2) is 255 Å². The summed E-state index contributed by atoms with van der Waals surface area (Å²) in [6.45, 7) is 18.2. The van der Waals surface area contributed by atoms with Crippen LogP contribution >= 0.6 is 0 Å². The van der Waals surface area contributed by atoms with Crippen LogP contribution in [0.25, 0.3) is 0 Å². The maximum absolute atomic E-state index is 7.36. The van der Waals surface area contributed by atoms with Gasteiger partial charge in [0.1, 0.15) is 46.0 Å². The van der Waals surface area contributed by atoms with Gasteiger partial charge in [-0.15, -0.1) is 0 Å². The fraction of sp³-hybridized carbons (Fsp3) is 0.750. The van der Waals surface area contributed by atoms with Crippen molar-refractivity contribution in [2.45, 2.75) is 302 Å². The van der Waals surface area contributed by atoms with E-state index in [1.807, 2.05) is 0 Å². The zero-order valence-electron chi connectivity index (χ0n) is 74.6. The first-order chi connectivity index (χ1) is 62.6. The number of hydrogen-bond acceptors (Lipinski definition) is 32. The van der Waals surface area contributed by atoms with E-state index in [4.69, 9.17) is 152 Å². The molecule has 0 aromatic heterocycles. The first-order valence-corrected chi connectivity index (χ1v) is 47.9. The normalized spacial score (nSPS) is 37.5. The highest BCUT2D eigenvalue weighted by Crippen LogP contribution is 2.54. The number of benzene rings is 4. The molecule has 32 nitrogen and oxygen atoms in total. The van der Waals surface area contributed by atoms with Crippen LogP contribution in [-0.2, 0) is 114 Å². The molecule has 0 N–H and O–H groups in total. The minimum atomic E-state index is -1.06. The van der Waals surface area contributed by atoms with Crippen LogP contribution in [0.1, 0.15) is 250 Å². The number of hydrogen-bond donors (Lipinski definition) is 0. The standard InChI is InChI=1S/C96H128O32/c1-61-73-45-75(83(99-39-15-67-55-115-91(123-67)23-7-31-107-91)49-81(73)97-37-13-65-53-113-89(121-65)21-5-29-105-89)62(2)77-47-79(87(103-43-19-71-59-119-95(127-71)27-11-35-111-95)51-85(77)101-41-17-69-57-117-93(125-69)25-9-33-109-93)64(4)80-48-78(86(102-42-18-70-58-118-94(126-70)26-10-34-110-94)52-88(80)104-44-20-72-60-120-96(128-72)28-12-36-112-96)63(3)76-46-74(61)82(98-38-14-66-54-114-90(122-66)22-6-30-106-90)50-84(76)100-40-16-68-56-116-92(124-68)24-8-32-108-92/h45-52,61-72H,5-44,53-60H2,1-4H3. The lowest BCUT2D eigenvalue weighted by molar-refractivity contribution is -0.314. The van der Waals surface area contributed by atoms with Crippen molar-refractivity contribution < 1.29 is 152 Å².